The summed E-state index contributed by atoms with van der Waals surface area (Å²) in [6, 6.07) is 7.96. The molecule has 1 fully saturated rings. The van der Waals surface area contributed by atoms with E-state index in [1.807, 2.05) is 59.9 Å². The Morgan fingerprint density at radius 2 is 2.11 bits per heavy atom. The molecule has 3 rings (SSSR count). The van der Waals surface area contributed by atoms with Crippen molar-refractivity contribution >= 4 is 12.0 Å². The predicted molar refractivity (Wildman–Crippen MR) is 111 cm³/mol. The first-order valence-electron chi connectivity index (χ1n) is 9.77. The largest absolute Gasteiger partial charge is 0.496 e. The van der Waals surface area contributed by atoms with Gasteiger partial charge in [0.15, 0.2) is 0 Å². The van der Waals surface area contributed by atoms with Crippen molar-refractivity contribution in [2.24, 2.45) is 13.0 Å². The van der Waals surface area contributed by atoms with Crippen molar-refractivity contribution in [3.63, 3.8) is 0 Å². The molecule has 0 spiro atoms. The van der Waals surface area contributed by atoms with Crippen LogP contribution >= 0.6 is 0 Å². The zero-order chi connectivity index (χ0) is 20.3. The maximum Gasteiger partial charge on any atom is 0.318 e. The van der Waals surface area contributed by atoms with E-state index >= 15 is 0 Å². The van der Waals surface area contributed by atoms with E-state index in [2.05, 4.69) is 23.3 Å². The lowest BCUT2D eigenvalue weighted by atomic mass is 9.88. The third kappa shape index (κ3) is 4.08. The summed E-state index contributed by atoms with van der Waals surface area (Å²) in [5.41, 5.74) is 2.04. The molecular formula is C21H31N5O2. The zero-order valence-electron chi connectivity index (χ0n) is 17.5. The van der Waals surface area contributed by atoms with Crippen molar-refractivity contribution in [2.45, 2.75) is 32.4 Å². The fourth-order valence-corrected chi connectivity index (χ4v) is 3.90. The highest BCUT2D eigenvalue weighted by molar-refractivity contribution is 5.75. The fourth-order valence-electron chi connectivity index (χ4n) is 3.90. The quantitative estimate of drug-likeness (QED) is 0.859. The number of carbonyl (C=O) groups excluding carboxylic acids is 1. The maximum atomic E-state index is 13.0. The fraction of sp³-hybridized carbons (Fsp3) is 0.524. The minimum absolute atomic E-state index is 0.0174. The Morgan fingerprint density at radius 1 is 1.36 bits per heavy atom. The number of hydrogen-bond donors (Lipinski definition) is 1. The number of ether oxygens (including phenoxy) is 1. The Morgan fingerprint density at radius 3 is 2.79 bits per heavy atom. The van der Waals surface area contributed by atoms with Gasteiger partial charge < -0.3 is 24.4 Å². The van der Waals surface area contributed by atoms with Gasteiger partial charge in [0.25, 0.3) is 0 Å². The highest BCUT2D eigenvalue weighted by atomic mass is 16.5. The van der Waals surface area contributed by atoms with Gasteiger partial charge in [0.2, 0.25) is 5.95 Å². The lowest BCUT2D eigenvalue weighted by molar-refractivity contribution is 0.130. The molecule has 2 amide bonds. The number of para-hydroxylation sites is 1. The number of benzene rings is 1. The van der Waals surface area contributed by atoms with Crippen molar-refractivity contribution in [3.8, 4) is 5.75 Å². The van der Waals surface area contributed by atoms with E-state index in [9.17, 15) is 4.79 Å². The number of methoxy groups -OCH3 is 1. The second-order valence-corrected chi connectivity index (χ2v) is 7.74. The van der Waals surface area contributed by atoms with Gasteiger partial charge in [-0.25, -0.2) is 9.78 Å². The van der Waals surface area contributed by atoms with Crippen LogP contribution in [0.4, 0.5) is 10.7 Å². The average molecular weight is 386 g/mol. The first-order valence-corrected chi connectivity index (χ1v) is 9.77. The first-order chi connectivity index (χ1) is 13.4. The summed E-state index contributed by atoms with van der Waals surface area (Å²) in [5, 5.41) is 3.08. The van der Waals surface area contributed by atoms with Crippen LogP contribution in [0.2, 0.25) is 0 Å². The monoisotopic (exact) mass is 385 g/mol. The van der Waals surface area contributed by atoms with Gasteiger partial charge in [-0.2, -0.15) is 0 Å². The van der Waals surface area contributed by atoms with Crippen molar-refractivity contribution in [1.29, 1.82) is 0 Å². The molecule has 0 unspecified atom stereocenters. The van der Waals surface area contributed by atoms with E-state index in [0.717, 1.165) is 42.3 Å². The number of imidazole rings is 1. The van der Waals surface area contributed by atoms with Crippen molar-refractivity contribution in [1.82, 2.24) is 19.8 Å². The van der Waals surface area contributed by atoms with Crippen LogP contribution in [-0.4, -0.2) is 48.2 Å². The number of amides is 2. The van der Waals surface area contributed by atoms with Crippen LogP contribution < -0.4 is 15.0 Å². The molecule has 152 valence electrons. The number of aromatic nitrogens is 2. The number of urea groups is 1. The van der Waals surface area contributed by atoms with Gasteiger partial charge in [-0.3, -0.25) is 0 Å². The van der Waals surface area contributed by atoms with Crippen LogP contribution in [0.5, 0.6) is 5.75 Å². The SMILES string of the molecule is COc1ccccc1[C@H]1C[C@@H](C)CCN1C(=O)NCc1cnc(N(C)C)n1C. The molecule has 2 atom stereocenters. The second kappa shape index (κ2) is 8.54. The minimum atomic E-state index is -0.0459. The minimum Gasteiger partial charge on any atom is -0.496 e. The number of nitrogens with one attached hydrogen (secondary N) is 1. The standard InChI is InChI=1S/C21H31N5O2/c1-15-10-11-26(18(12-15)17-8-6-7-9-19(17)28-5)21(27)23-14-16-13-22-20(24(2)3)25(16)4/h6-9,13,15,18H,10-12,14H2,1-5H3,(H,23,27)/t15-,18+/m0/s1. The van der Waals surface area contributed by atoms with Crippen LogP contribution in [0.1, 0.15) is 37.1 Å². The van der Waals surface area contributed by atoms with E-state index in [1.54, 1.807) is 7.11 Å². The molecule has 0 radical (unpaired) electrons. The number of anilines is 1. The molecule has 1 aliphatic heterocycles. The summed E-state index contributed by atoms with van der Waals surface area (Å²) in [7, 11) is 7.55. The van der Waals surface area contributed by atoms with Gasteiger partial charge in [-0.15, -0.1) is 0 Å². The Labute approximate surface area is 167 Å². The summed E-state index contributed by atoms with van der Waals surface area (Å²) in [6.45, 7) is 3.43. The Kier molecular flexibility index (Phi) is 6.11. The van der Waals surface area contributed by atoms with E-state index in [1.165, 1.54) is 0 Å². The lowest BCUT2D eigenvalue weighted by Crippen LogP contribution is -2.46. The molecule has 28 heavy (non-hydrogen) atoms. The maximum absolute atomic E-state index is 13.0. The molecule has 1 aromatic heterocycles. The summed E-state index contributed by atoms with van der Waals surface area (Å²) < 4.78 is 7.55. The highest BCUT2D eigenvalue weighted by Gasteiger charge is 2.32. The number of rotatable bonds is 5. The van der Waals surface area contributed by atoms with Crippen molar-refractivity contribution in [2.75, 3.05) is 32.6 Å². The van der Waals surface area contributed by atoms with Gasteiger partial charge in [0, 0.05) is 33.3 Å². The Hall–Kier alpha value is -2.70. The summed E-state index contributed by atoms with van der Waals surface area (Å²) in [6.07, 6.45) is 3.76. The number of likely N-dealkylation sites (tertiary alicyclic amines) is 1. The molecule has 1 aromatic carbocycles. The summed E-state index contributed by atoms with van der Waals surface area (Å²) in [4.78, 5) is 21.4. The smallest absolute Gasteiger partial charge is 0.318 e. The van der Waals surface area contributed by atoms with E-state index in [4.69, 9.17) is 4.74 Å². The van der Waals surface area contributed by atoms with E-state index < -0.39 is 0 Å². The molecule has 1 aliphatic rings. The van der Waals surface area contributed by atoms with Gasteiger partial charge in [-0.05, 0) is 24.8 Å². The van der Waals surface area contributed by atoms with E-state index in [-0.39, 0.29) is 12.1 Å². The van der Waals surface area contributed by atoms with Crippen LogP contribution in [0.15, 0.2) is 30.5 Å². The summed E-state index contributed by atoms with van der Waals surface area (Å²) >= 11 is 0. The van der Waals surface area contributed by atoms with Crippen molar-refractivity contribution in [3.05, 3.63) is 41.7 Å². The first kappa shape index (κ1) is 20.0. The number of hydrogen-bond acceptors (Lipinski definition) is 4. The van der Waals surface area contributed by atoms with Crippen LogP contribution in [0.3, 0.4) is 0 Å². The van der Waals surface area contributed by atoms with E-state index in [0.29, 0.717) is 12.5 Å². The molecule has 1 saturated heterocycles. The van der Waals surface area contributed by atoms with Gasteiger partial charge in [-0.1, -0.05) is 25.1 Å². The van der Waals surface area contributed by atoms with Gasteiger partial charge in [0.05, 0.1) is 31.6 Å². The van der Waals surface area contributed by atoms with Crippen LogP contribution in [-0.2, 0) is 13.6 Å². The Balaban J connectivity index is 1.75. The lowest BCUT2D eigenvalue weighted by Gasteiger charge is -2.39. The van der Waals surface area contributed by atoms with Gasteiger partial charge in [0.1, 0.15) is 5.75 Å². The van der Waals surface area contributed by atoms with Crippen LogP contribution in [0, 0.1) is 5.92 Å². The molecule has 0 bridgehead atoms. The molecule has 0 saturated carbocycles. The molecular weight excluding hydrogens is 354 g/mol. The highest BCUT2D eigenvalue weighted by Crippen LogP contribution is 2.38. The molecule has 2 aromatic rings. The summed E-state index contributed by atoms with van der Waals surface area (Å²) in [5.74, 6) is 2.27. The average Bonchev–Trinajstić information content (AvgIpc) is 3.06. The number of nitrogens with zero attached hydrogens (tertiary/aromatic N) is 4. The molecule has 7 heteroatoms. The molecule has 0 aliphatic carbocycles. The normalized spacial score (nSPS) is 19.4. The Bertz CT molecular complexity index is 817. The number of carbonyl (C=O) groups is 1. The molecule has 2 heterocycles. The molecule has 1 N–H and O–H groups in total. The van der Waals surface area contributed by atoms with Crippen molar-refractivity contribution < 1.29 is 9.53 Å². The third-order valence-corrected chi connectivity index (χ3v) is 5.50. The predicted octanol–water partition coefficient (Wildman–Crippen LogP) is 3.18. The van der Waals surface area contributed by atoms with Gasteiger partial charge >= 0.3 is 6.03 Å². The topological polar surface area (TPSA) is 62.6 Å². The van der Waals surface area contributed by atoms with Crippen LogP contribution in [0.25, 0.3) is 0 Å². The molecule has 7 nitrogen and oxygen atoms in total. The third-order valence-electron chi connectivity index (χ3n) is 5.50. The second-order valence-electron chi connectivity index (χ2n) is 7.74. The zero-order valence-corrected chi connectivity index (χ0v) is 17.5. The number of piperidine rings is 1.